The monoisotopic (exact) mass is 2100 g/mol. The van der Waals surface area contributed by atoms with Crippen LogP contribution in [0.25, 0.3) is 0 Å². The minimum Gasteiger partial charge on any atom is -0.394 e. The van der Waals surface area contributed by atoms with E-state index in [0.29, 0.717) is 12.8 Å². The van der Waals surface area contributed by atoms with Crippen molar-refractivity contribution in [2.45, 2.75) is 497 Å². The van der Waals surface area contributed by atoms with Gasteiger partial charge in [0.15, 0.2) is 56.6 Å². The zero-order valence-corrected chi connectivity index (χ0v) is 83.2. The number of amides is 4. The SMILES string of the molecule is CCCCCCCCCCCCC/C=C/[C@@H](O)[C@H](CO[C@@H]1OC(CO)[C@@H](O[C@@H]2OC(CO)[C@H](O)[C@H](O[C@@H]3OC(CO)[C@@H](O[C@@H]4OC(CO)[C@H](O)[C@H](O[C@@H]5OC(CO)[C@@H](O[C@@H]6OC(CO)[C@H](O)[C@H](O[C@@H]7OC(CO)[C@@H](O[C@@H]8OC(CO)[C@H](O)[C@H](O)C8O[C@H]8OC(C)[C@@H](O)C(O)[C@@H]8O)[C@H](O)C7NC(C)=O)C6O)[C@H](O)C5NC(C)=O)C4O)[C@H](O)C3NC(C)=O)C2O)[C@H](O)C1O)NC(=O)CCCCCCCCCCCCCCC. The Labute approximate surface area is 842 Å². The Balaban J connectivity index is 0.842. The van der Waals surface area contributed by atoms with Crippen LogP contribution in [0.2, 0.25) is 0 Å². The van der Waals surface area contributed by atoms with Crippen LogP contribution in [0.4, 0.5) is 0 Å². The van der Waals surface area contributed by atoms with Crippen molar-refractivity contribution in [1.82, 2.24) is 21.3 Å². The molecule has 18 unspecified atom stereocenters. The van der Waals surface area contributed by atoms with E-state index >= 15 is 0 Å². The first-order valence-electron chi connectivity index (χ1n) is 51.4. The van der Waals surface area contributed by atoms with E-state index in [1.54, 1.807) is 6.08 Å². The van der Waals surface area contributed by atoms with Gasteiger partial charge in [-0.15, -0.1) is 0 Å². The summed E-state index contributed by atoms with van der Waals surface area (Å²) in [6, 6.07) is -6.90. The predicted octanol–water partition coefficient (Wildman–Crippen LogP) is -8.56. The molecule has 0 aromatic rings. The molecule has 0 bridgehead atoms. The van der Waals surface area contributed by atoms with Crippen molar-refractivity contribution in [2.24, 2.45) is 0 Å². The molecule has 9 aliphatic rings. The van der Waals surface area contributed by atoms with Crippen molar-refractivity contribution in [3.8, 4) is 0 Å². The van der Waals surface area contributed by atoms with Crippen LogP contribution < -0.4 is 21.3 Å². The summed E-state index contributed by atoms with van der Waals surface area (Å²) in [5, 5.41) is 294. The number of nitrogens with one attached hydrogen (secondary N) is 4. The fraction of sp³-hybridized carbons (Fsp3) is 0.936. The molecule has 9 rings (SSSR count). The second-order valence-electron chi connectivity index (χ2n) is 39.1. The van der Waals surface area contributed by atoms with Gasteiger partial charge in [0, 0.05) is 27.2 Å². The highest BCUT2D eigenvalue weighted by Crippen LogP contribution is 2.41. The molecule has 51 nitrogen and oxygen atoms in total. The van der Waals surface area contributed by atoms with Gasteiger partial charge in [-0.05, 0) is 26.2 Å². The molecule has 145 heavy (non-hydrogen) atoms. The molecule has 9 heterocycles. The topological polar surface area (TPSA) is 788 Å². The maximum atomic E-state index is 13.6. The van der Waals surface area contributed by atoms with Gasteiger partial charge >= 0.3 is 0 Å². The fourth-order valence-corrected chi connectivity index (χ4v) is 19.5. The molecular formula is C94H166N4O47. The number of aliphatic hydroxyl groups excluding tert-OH is 25. The molecule has 4 amide bonds. The van der Waals surface area contributed by atoms with Crippen LogP contribution in [0.5, 0.6) is 0 Å². The van der Waals surface area contributed by atoms with Crippen molar-refractivity contribution >= 4 is 23.6 Å². The lowest BCUT2D eigenvalue weighted by Crippen LogP contribution is -2.71. The van der Waals surface area contributed by atoms with E-state index in [1.807, 2.05) is 6.08 Å². The number of hydrogen-bond donors (Lipinski definition) is 29. The number of unbranched alkanes of at least 4 members (excludes halogenated alkanes) is 23. The van der Waals surface area contributed by atoms with E-state index in [-0.39, 0.29) is 12.3 Å². The van der Waals surface area contributed by atoms with Crippen LogP contribution in [-0.4, -0.2) is 499 Å². The summed E-state index contributed by atoms with van der Waals surface area (Å²) in [6.45, 7) is -0.658. The number of carbonyl (C=O) groups excluding carboxylic acids is 4. The minimum absolute atomic E-state index is 0.147. The molecule has 9 saturated heterocycles. The summed E-state index contributed by atoms with van der Waals surface area (Å²) in [6.07, 6.45) is -54.4. The Kier molecular flexibility index (Phi) is 53.6. The van der Waals surface area contributed by atoms with Gasteiger partial charge in [-0.3, -0.25) is 19.2 Å². The molecule has 9 aliphatic heterocycles. The first-order valence-corrected chi connectivity index (χ1v) is 51.4. The van der Waals surface area contributed by atoms with Crippen LogP contribution in [0.3, 0.4) is 0 Å². The molecule has 0 aliphatic carbocycles. The molecule has 0 aromatic heterocycles. The average Bonchev–Trinajstić information content (AvgIpc) is 0.766. The average molecular weight is 2100 g/mol. The molecular weight excluding hydrogens is 1940 g/mol. The Bertz CT molecular complexity index is 3690. The van der Waals surface area contributed by atoms with E-state index < -0.39 is 365 Å². The standard InChI is InChI=1S/C94H166N4O47/c1-7-9-11-13-15-17-19-21-23-25-27-29-31-33-49(110)48(98-58(111)34-32-30-28-26-24-22-20-18-16-14-12-10-8-2)43-128-89-74(124)72(122)81(57(42-106)137-89)140-93-77(127)84(66(116)53(38-102)132-93)144-87-60(96-46(5)108)68(118)79(55(40-104)135-87)138-91-75(125)82(64(114)51(36-100)130-91)142-86-59(95-45(4)107)67(117)78(54(39-103)134-86)139-92-76(126)83(65(115)52(37-101)131-92)143-88-61(97-47(6)109)69(119)80(56(41-105)136-88)141-94-85(71(121)63(113)50(35-99)133-94)145-90-73(123)70(120)62(112)44(3)129-90/h31,33,44,48-57,59-94,99-106,110,112-127H,7-30,32,34-43H2,1-6H3,(H,95,107)(H,96,108)(H,97,109)(H,98,111)/b33-31+/t44?,48-,49+,50?,51?,52?,53?,54?,55?,56?,57?,59?,60?,61?,62+,63-,64-,65-,66-,67+,68+,69+,70?,71-,72+,73-,74?,75?,76?,77?,78+,79+,80+,81+,82-,83-,84-,85?,86-,87-,88-,89+,90+,91-,92-,93-,94-/m0/s1. The number of hydrogen-bond acceptors (Lipinski definition) is 47. The van der Waals surface area contributed by atoms with Crippen molar-refractivity contribution < 1.29 is 232 Å². The van der Waals surface area contributed by atoms with Crippen molar-refractivity contribution in [3.05, 3.63) is 12.2 Å². The lowest BCUT2D eigenvalue weighted by molar-refractivity contribution is -0.393. The molecule has 0 spiro atoms. The number of aliphatic hydroxyl groups is 25. The quantitative estimate of drug-likeness (QED) is 0.0199. The Hall–Kier alpha value is -4.10. The molecule has 0 aromatic carbocycles. The fourth-order valence-electron chi connectivity index (χ4n) is 19.5. The van der Waals surface area contributed by atoms with Gasteiger partial charge in [-0.25, -0.2) is 0 Å². The molecule has 47 atom stereocenters. The number of rotatable bonds is 59. The molecule has 9 fully saturated rings. The van der Waals surface area contributed by atoms with E-state index in [9.17, 15) is 147 Å². The van der Waals surface area contributed by atoms with Crippen LogP contribution in [-0.2, 0) is 104 Å². The van der Waals surface area contributed by atoms with E-state index in [4.69, 9.17) is 85.3 Å². The van der Waals surface area contributed by atoms with Gasteiger partial charge in [-0.2, -0.15) is 0 Å². The third-order valence-electron chi connectivity index (χ3n) is 27.9. The lowest BCUT2D eigenvalue weighted by Gasteiger charge is -2.51. The van der Waals surface area contributed by atoms with Gasteiger partial charge in [0.05, 0.1) is 77.7 Å². The molecule has 29 N–H and O–H groups in total. The van der Waals surface area contributed by atoms with Crippen LogP contribution in [0, 0.1) is 0 Å². The van der Waals surface area contributed by atoms with Gasteiger partial charge in [0.2, 0.25) is 23.6 Å². The lowest BCUT2D eigenvalue weighted by atomic mass is 9.93. The largest absolute Gasteiger partial charge is 0.394 e. The number of ether oxygens (including phenoxy) is 18. The third-order valence-corrected chi connectivity index (χ3v) is 27.9. The first-order chi connectivity index (χ1) is 69.4. The second-order valence-corrected chi connectivity index (χ2v) is 39.1. The zero-order valence-electron chi connectivity index (χ0n) is 83.2. The summed E-state index contributed by atoms with van der Waals surface area (Å²) in [7, 11) is 0. The van der Waals surface area contributed by atoms with Crippen molar-refractivity contribution in [3.63, 3.8) is 0 Å². The molecule has 0 saturated carbocycles. The van der Waals surface area contributed by atoms with E-state index in [1.165, 1.54) is 96.8 Å². The highest BCUT2D eigenvalue weighted by atomic mass is 16.8. The Morgan fingerprint density at radius 1 is 0.283 bits per heavy atom. The van der Waals surface area contributed by atoms with Crippen molar-refractivity contribution in [2.75, 3.05) is 59.5 Å². The van der Waals surface area contributed by atoms with Crippen LogP contribution >= 0.6 is 0 Å². The number of carbonyl (C=O) groups is 4. The maximum Gasteiger partial charge on any atom is 0.220 e. The van der Waals surface area contributed by atoms with E-state index in [2.05, 4.69) is 35.1 Å². The molecule has 51 heteroatoms. The van der Waals surface area contributed by atoms with Crippen LogP contribution in [0.15, 0.2) is 12.2 Å². The zero-order chi connectivity index (χ0) is 106. The maximum absolute atomic E-state index is 13.6. The Morgan fingerprint density at radius 3 is 0.910 bits per heavy atom. The summed E-state index contributed by atoms with van der Waals surface area (Å²) in [5.74, 6) is -3.17. The second kappa shape index (κ2) is 62.4. The first kappa shape index (κ1) is 124. The van der Waals surface area contributed by atoms with Crippen molar-refractivity contribution in [1.29, 1.82) is 0 Å². The number of allylic oxidation sites excluding steroid dienone is 1. The summed E-state index contributed by atoms with van der Waals surface area (Å²) in [5.41, 5.74) is 0. The molecule has 0 radical (unpaired) electrons. The summed E-state index contributed by atoms with van der Waals surface area (Å²) in [4.78, 5) is 52.9. The van der Waals surface area contributed by atoms with Gasteiger partial charge in [-0.1, -0.05) is 167 Å². The summed E-state index contributed by atoms with van der Waals surface area (Å²) >= 11 is 0. The summed E-state index contributed by atoms with van der Waals surface area (Å²) < 4.78 is 107. The minimum atomic E-state index is -2.38. The van der Waals surface area contributed by atoms with Gasteiger partial charge in [0.25, 0.3) is 0 Å². The third kappa shape index (κ3) is 34.2. The normalized spacial score (nSPS) is 41.0. The highest BCUT2D eigenvalue weighted by molar-refractivity contribution is 5.76. The van der Waals surface area contributed by atoms with Crippen LogP contribution in [0.1, 0.15) is 208 Å². The highest BCUT2D eigenvalue weighted by Gasteiger charge is 2.62. The van der Waals surface area contributed by atoms with Gasteiger partial charge in [0.1, 0.15) is 213 Å². The predicted molar refractivity (Wildman–Crippen MR) is 493 cm³/mol. The van der Waals surface area contributed by atoms with E-state index in [0.717, 1.165) is 78.6 Å². The Morgan fingerprint density at radius 2 is 0.559 bits per heavy atom. The molecule has 844 valence electrons. The van der Waals surface area contributed by atoms with Gasteiger partial charge < -0.3 is 234 Å². The smallest absolute Gasteiger partial charge is 0.220 e.